The molecule has 1 heterocycles. The molecule has 0 spiro atoms. The van der Waals surface area contributed by atoms with Crippen LogP contribution in [0.5, 0.6) is 5.75 Å². The molecular weight excluding hydrogens is 239 g/mol. The first-order valence-corrected chi connectivity index (χ1v) is 5.24. The summed E-state index contributed by atoms with van der Waals surface area (Å²) >= 11 is 0. The number of hydrogen-bond acceptors (Lipinski definition) is 4. The van der Waals surface area contributed by atoms with Gasteiger partial charge < -0.3 is 4.74 Å². The van der Waals surface area contributed by atoms with Gasteiger partial charge in [0.05, 0.1) is 0 Å². The third kappa shape index (κ3) is 2.82. The number of anilines is 1. The average molecular weight is 250 g/mol. The van der Waals surface area contributed by atoms with E-state index in [9.17, 15) is 9.18 Å². The number of aromatic nitrogens is 3. The molecule has 0 unspecified atom stereocenters. The number of rotatable bonds is 4. The predicted octanol–water partition coefficient (Wildman–Crippen LogP) is 1.35. The lowest BCUT2D eigenvalue weighted by Gasteiger charge is -2.13. The van der Waals surface area contributed by atoms with E-state index in [4.69, 9.17) is 4.74 Å². The highest BCUT2D eigenvalue weighted by Crippen LogP contribution is 2.17. The number of para-hydroxylation sites is 1. The van der Waals surface area contributed by atoms with Crippen LogP contribution >= 0.6 is 0 Å². The second-order valence-corrected chi connectivity index (χ2v) is 3.51. The van der Waals surface area contributed by atoms with E-state index in [0.717, 1.165) is 0 Å². The van der Waals surface area contributed by atoms with Gasteiger partial charge in [0, 0.05) is 0 Å². The zero-order valence-corrected chi connectivity index (χ0v) is 9.55. The highest BCUT2D eigenvalue weighted by Gasteiger charge is 2.17. The van der Waals surface area contributed by atoms with Gasteiger partial charge in [-0.25, -0.2) is 9.49 Å². The van der Waals surface area contributed by atoms with E-state index in [1.165, 1.54) is 25.4 Å². The van der Waals surface area contributed by atoms with Gasteiger partial charge in [-0.3, -0.25) is 10.1 Å². The van der Waals surface area contributed by atoms with Gasteiger partial charge in [-0.1, -0.05) is 12.1 Å². The van der Waals surface area contributed by atoms with Crippen LogP contribution in [0.4, 0.5) is 10.3 Å². The largest absolute Gasteiger partial charge is 0.478 e. The summed E-state index contributed by atoms with van der Waals surface area (Å²) < 4.78 is 18.5. The average Bonchev–Trinajstić information content (AvgIpc) is 2.84. The summed E-state index contributed by atoms with van der Waals surface area (Å²) in [4.78, 5) is 15.4. The Morgan fingerprint density at radius 3 is 2.94 bits per heavy atom. The molecule has 0 fully saturated rings. The number of benzene rings is 1. The monoisotopic (exact) mass is 250 g/mol. The normalized spacial score (nSPS) is 11.9. The first-order valence-electron chi connectivity index (χ1n) is 5.24. The van der Waals surface area contributed by atoms with Crippen molar-refractivity contribution in [3.63, 3.8) is 0 Å². The number of nitrogens with zero attached hydrogens (tertiary/aromatic N) is 2. The number of ether oxygens (including phenoxy) is 1. The molecule has 1 aromatic heterocycles. The van der Waals surface area contributed by atoms with E-state index in [1.807, 2.05) is 0 Å². The van der Waals surface area contributed by atoms with Crippen molar-refractivity contribution in [3.8, 4) is 5.75 Å². The lowest BCUT2D eigenvalue weighted by molar-refractivity contribution is -0.122. The Bertz CT molecular complexity index is 530. The van der Waals surface area contributed by atoms with Crippen LogP contribution < -0.4 is 10.1 Å². The fourth-order valence-electron chi connectivity index (χ4n) is 1.27. The third-order valence-electron chi connectivity index (χ3n) is 2.17. The molecule has 1 aromatic carbocycles. The van der Waals surface area contributed by atoms with Gasteiger partial charge in [0.15, 0.2) is 17.7 Å². The maximum Gasteiger partial charge on any atom is 0.267 e. The van der Waals surface area contributed by atoms with E-state index in [-0.39, 0.29) is 11.7 Å². The van der Waals surface area contributed by atoms with E-state index in [1.54, 1.807) is 12.1 Å². The Kier molecular flexibility index (Phi) is 3.52. The van der Waals surface area contributed by atoms with Crippen LogP contribution in [-0.4, -0.2) is 27.2 Å². The topological polar surface area (TPSA) is 79.9 Å². The van der Waals surface area contributed by atoms with Crippen LogP contribution in [0.1, 0.15) is 6.92 Å². The van der Waals surface area contributed by atoms with Gasteiger partial charge in [-0.15, -0.1) is 0 Å². The van der Waals surface area contributed by atoms with E-state index >= 15 is 0 Å². The molecule has 1 amide bonds. The Balaban J connectivity index is 1.97. The second-order valence-electron chi connectivity index (χ2n) is 3.51. The summed E-state index contributed by atoms with van der Waals surface area (Å²) in [6.07, 6.45) is 0.407. The predicted molar refractivity (Wildman–Crippen MR) is 61.5 cm³/mol. The van der Waals surface area contributed by atoms with Crippen molar-refractivity contribution in [2.45, 2.75) is 13.0 Å². The molecule has 0 saturated carbocycles. The first-order chi connectivity index (χ1) is 8.66. The van der Waals surface area contributed by atoms with Crippen LogP contribution in [-0.2, 0) is 4.79 Å². The number of halogens is 1. The van der Waals surface area contributed by atoms with Crippen molar-refractivity contribution in [2.24, 2.45) is 0 Å². The standard InChI is InChI=1S/C11H11FN4O2/c1-7(10(17)15-11-13-6-14-16-11)18-9-5-3-2-4-8(9)12/h2-7H,1H3,(H2,13,14,15,16,17)/t7-/m0/s1. The van der Waals surface area contributed by atoms with Gasteiger partial charge in [-0.2, -0.15) is 10.1 Å². The molecule has 0 aliphatic heterocycles. The number of amides is 1. The molecule has 18 heavy (non-hydrogen) atoms. The zero-order chi connectivity index (χ0) is 13.0. The summed E-state index contributed by atoms with van der Waals surface area (Å²) in [6.45, 7) is 1.51. The minimum atomic E-state index is -0.855. The molecule has 0 saturated heterocycles. The molecule has 7 heteroatoms. The summed E-state index contributed by atoms with van der Waals surface area (Å²) in [5, 5.41) is 8.50. The van der Waals surface area contributed by atoms with E-state index < -0.39 is 17.8 Å². The lowest BCUT2D eigenvalue weighted by atomic mass is 10.3. The van der Waals surface area contributed by atoms with E-state index in [0.29, 0.717) is 0 Å². The van der Waals surface area contributed by atoms with Crippen molar-refractivity contribution >= 4 is 11.9 Å². The number of H-pyrrole nitrogens is 1. The Morgan fingerprint density at radius 2 is 2.28 bits per heavy atom. The van der Waals surface area contributed by atoms with Crippen LogP contribution in [0.25, 0.3) is 0 Å². The number of aromatic amines is 1. The zero-order valence-electron chi connectivity index (χ0n) is 9.55. The molecule has 6 nitrogen and oxygen atoms in total. The molecule has 0 aliphatic carbocycles. The number of hydrogen-bond donors (Lipinski definition) is 2. The quantitative estimate of drug-likeness (QED) is 0.858. The molecule has 2 aromatic rings. The second kappa shape index (κ2) is 5.26. The van der Waals surface area contributed by atoms with Gasteiger partial charge in [0.25, 0.3) is 5.91 Å². The highest BCUT2D eigenvalue weighted by molar-refractivity contribution is 5.92. The van der Waals surface area contributed by atoms with Crippen LogP contribution in [0.15, 0.2) is 30.6 Å². The lowest BCUT2D eigenvalue weighted by Crippen LogP contribution is -2.30. The number of nitrogens with one attached hydrogen (secondary N) is 2. The van der Waals surface area contributed by atoms with Crippen molar-refractivity contribution in [1.82, 2.24) is 15.2 Å². The van der Waals surface area contributed by atoms with Crippen molar-refractivity contribution < 1.29 is 13.9 Å². The molecular formula is C11H11FN4O2. The van der Waals surface area contributed by atoms with Gasteiger partial charge in [-0.05, 0) is 19.1 Å². The minimum Gasteiger partial charge on any atom is -0.478 e. The van der Waals surface area contributed by atoms with Gasteiger partial charge in [0.2, 0.25) is 5.95 Å². The van der Waals surface area contributed by atoms with Crippen LogP contribution in [0.2, 0.25) is 0 Å². The first kappa shape index (κ1) is 12.0. The summed E-state index contributed by atoms with van der Waals surface area (Å²) in [5.41, 5.74) is 0. The summed E-state index contributed by atoms with van der Waals surface area (Å²) in [5.74, 6) is -0.728. The fraction of sp³-hybridized carbons (Fsp3) is 0.182. The molecule has 0 bridgehead atoms. The SMILES string of the molecule is C[C@H](Oc1ccccc1F)C(=O)Nc1ncn[nH]1. The Morgan fingerprint density at radius 1 is 1.50 bits per heavy atom. The maximum absolute atomic E-state index is 13.3. The fourth-order valence-corrected chi connectivity index (χ4v) is 1.27. The Labute approximate surface area is 102 Å². The van der Waals surface area contributed by atoms with Crippen LogP contribution in [0.3, 0.4) is 0 Å². The third-order valence-corrected chi connectivity index (χ3v) is 2.17. The Hall–Kier alpha value is -2.44. The summed E-state index contributed by atoms with van der Waals surface area (Å²) in [6, 6.07) is 5.88. The smallest absolute Gasteiger partial charge is 0.267 e. The summed E-state index contributed by atoms with van der Waals surface area (Å²) in [7, 11) is 0. The molecule has 2 rings (SSSR count). The maximum atomic E-state index is 13.3. The minimum absolute atomic E-state index is 0.0257. The van der Waals surface area contributed by atoms with Crippen LogP contribution in [0, 0.1) is 5.82 Å². The molecule has 94 valence electrons. The molecule has 1 atom stereocenters. The number of carbonyl (C=O) groups excluding carboxylic acids is 1. The molecule has 0 radical (unpaired) electrons. The molecule has 2 N–H and O–H groups in total. The van der Waals surface area contributed by atoms with Gasteiger partial charge in [0.1, 0.15) is 6.33 Å². The number of carbonyl (C=O) groups is 1. The van der Waals surface area contributed by atoms with E-state index in [2.05, 4.69) is 20.5 Å². The van der Waals surface area contributed by atoms with Crippen molar-refractivity contribution in [2.75, 3.05) is 5.32 Å². The van der Waals surface area contributed by atoms with Crippen molar-refractivity contribution in [3.05, 3.63) is 36.4 Å². The van der Waals surface area contributed by atoms with Gasteiger partial charge >= 0.3 is 0 Å². The highest BCUT2D eigenvalue weighted by atomic mass is 19.1. The van der Waals surface area contributed by atoms with Crippen molar-refractivity contribution in [1.29, 1.82) is 0 Å². The molecule has 0 aliphatic rings.